The maximum absolute atomic E-state index is 13.3. The van der Waals surface area contributed by atoms with Crippen LogP contribution in [0.1, 0.15) is 31.0 Å². The Morgan fingerprint density at radius 2 is 1.56 bits per heavy atom. The first kappa shape index (κ1) is 23.4. The molecule has 6 nitrogen and oxygen atoms in total. The molecule has 1 aliphatic rings. The van der Waals surface area contributed by atoms with Crippen LogP contribution in [-0.4, -0.2) is 30.0 Å². The van der Waals surface area contributed by atoms with Gasteiger partial charge in [-0.1, -0.05) is 41.9 Å². The molecule has 1 heterocycles. The molecular formula is C27H24ClNO5. The number of amides is 1. The largest absolute Gasteiger partial charge is 0.507 e. The van der Waals surface area contributed by atoms with Crippen LogP contribution in [0.2, 0.25) is 5.02 Å². The molecule has 1 atom stereocenters. The zero-order valence-corrected chi connectivity index (χ0v) is 19.6. The van der Waals surface area contributed by atoms with E-state index >= 15 is 0 Å². The van der Waals surface area contributed by atoms with E-state index in [9.17, 15) is 14.7 Å². The third-order valence-electron chi connectivity index (χ3n) is 5.48. The van der Waals surface area contributed by atoms with Crippen LogP contribution >= 0.6 is 11.6 Å². The van der Waals surface area contributed by atoms with E-state index in [0.717, 1.165) is 0 Å². The minimum Gasteiger partial charge on any atom is -0.507 e. The van der Waals surface area contributed by atoms with E-state index in [1.165, 1.54) is 4.90 Å². The third-order valence-corrected chi connectivity index (χ3v) is 5.73. The molecule has 0 aliphatic carbocycles. The minimum absolute atomic E-state index is 0.00497. The summed E-state index contributed by atoms with van der Waals surface area (Å²) >= 11 is 5.98. The molecule has 0 saturated carbocycles. The van der Waals surface area contributed by atoms with Crippen molar-refractivity contribution in [3.05, 3.63) is 94.5 Å². The van der Waals surface area contributed by atoms with Gasteiger partial charge < -0.3 is 14.6 Å². The number of carbonyl (C=O) groups excluding carboxylic acids is 2. The number of hydrogen-bond acceptors (Lipinski definition) is 5. The Balaban J connectivity index is 1.90. The quantitative estimate of drug-likeness (QED) is 0.266. The highest BCUT2D eigenvalue weighted by molar-refractivity contribution is 6.51. The van der Waals surface area contributed by atoms with E-state index in [1.54, 1.807) is 42.5 Å². The van der Waals surface area contributed by atoms with Crippen LogP contribution in [0.15, 0.2) is 78.4 Å². The fraction of sp³-hybridized carbons (Fsp3) is 0.185. The number of halogens is 1. The van der Waals surface area contributed by atoms with Crippen molar-refractivity contribution in [3.63, 3.8) is 0 Å². The molecule has 34 heavy (non-hydrogen) atoms. The van der Waals surface area contributed by atoms with Crippen molar-refractivity contribution in [1.82, 2.24) is 0 Å². The maximum Gasteiger partial charge on any atom is 0.300 e. The maximum atomic E-state index is 13.3. The lowest BCUT2D eigenvalue weighted by Crippen LogP contribution is -2.29. The van der Waals surface area contributed by atoms with Crippen molar-refractivity contribution < 1.29 is 24.2 Å². The number of nitrogens with zero attached hydrogens (tertiary/aromatic N) is 1. The number of rotatable bonds is 7. The van der Waals surface area contributed by atoms with Gasteiger partial charge in [-0.2, -0.15) is 0 Å². The zero-order valence-electron chi connectivity index (χ0n) is 18.8. The highest BCUT2D eigenvalue weighted by Crippen LogP contribution is 2.44. The summed E-state index contributed by atoms with van der Waals surface area (Å²) in [5.41, 5.74) is 1.54. The molecule has 1 aliphatic heterocycles. The van der Waals surface area contributed by atoms with Gasteiger partial charge in [0, 0.05) is 22.3 Å². The van der Waals surface area contributed by atoms with Gasteiger partial charge in [-0.15, -0.1) is 0 Å². The molecule has 1 unspecified atom stereocenters. The van der Waals surface area contributed by atoms with Gasteiger partial charge in [0.2, 0.25) is 0 Å². The molecule has 3 aromatic carbocycles. The average Bonchev–Trinajstić information content (AvgIpc) is 3.11. The molecule has 3 aromatic rings. The number of benzene rings is 3. The Kier molecular flexibility index (Phi) is 6.89. The van der Waals surface area contributed by atoms with Gasteiger partial charge in [-0.05, 0) is 55.8 Å². The molecule has 0 radical (unpaired) electrons. The molecule has 0 aromatic heterocycles. The molecular weight excluding hydrogens is 454 g/mol. The van der Waals surface area contributed by atoms with E-state index in [4.69, 9.17) is 21.1 Å². The number of aliphatic hydroxyl groups excluding tert-OH is 1. The van der Waals surface area contributed by atoms with Crippen LogP contribution in [0.5, 0.6) is 11.5 Å². The monoisotopic (exact) mass is 477 g/mol. The highest BCUT2D eigenvalue weighted by Gasteiger charge is 2.47. The number of carbonyl (C=O) groups is 2. The van der Waals surface area contributed by atoms with Crippen LogP contribution in [0.25, 0.3) is 5.76 Å². The van der Waals surface area contributed by atoms with Gasteiger partial charge in [0.1, 0.15) is 5.76 Å². The lowest BCUT2D eigenvalue weighted by atomic mass is 9.95. The lowest BCUT2D eigenvalue weighted by Gasteiger charge is -2.26. The first-order chi connectivity index (χ1) is 16.5. The second kappa shape index (κ2) is 10.0. The molecule has 1 saturated heterocycles. The Hall–Kier alpha value is -3.77. The van der Waals surface area contributed by atoms with Crippen molar-refractivity contribution in [2.45, 2.75) is 19.9 Å². The van der Waals surface area contributed by atoms with Crippen LogP contribution in [0, 0.1) is 0 Å². The van der Waals surface area contributed by atoms with Crippen LogP contribution in [-0.2, 0) is 9.59 Å². The Morgan fingerprint density at radius 3 is 2.21 bits per heavy atom. The summed E-state index contributed by atoms with van der Waals surface area (Å²) in [7, 11) is 0. The van der Waals surface area contributed by atoms with Gasteiger partial charge in [-0.3, -0.25) is 14.5 Å². The first-order valence-corrected chi connectivity index (χ1v) is 11.4. The van der Waals surface area contributed by atoms with Crippen molar-refractivity contribution in [2.24, 2.45) is 0 Å². The van der Waals surface area contributed by atoms with Gasteiger partial charge in [0.15, 0.2) is 11.5 Å². The van der Waals surface area contributed by atoms with Gasteiger partial charge in [0.25, 0.3) is 11.7 Å². The molecule has 7 heteroatoms. The summed E-state index contributed by atoms with van der Waals surface area (Å²) in [6, 6.07) is 19.8. The Labute approximate surface area is 203 Å². The van der Waals surface area contributed by atoms with Gasteiger partial charge >= 0.3 is 0 Å². The summed E-state index contributed by atoms with van der Waals surface area (Å²) in [6.07, 6.45) is 0. The van der Waals surface area contributed by atoms with Crippen molar-refractivity contribution in [3.8, 4) is 11.5 Å². The van der Waals surface area contributed by atoms with E-state index in [-0.39, 0.29) is 11.3 Å². The molecule has 0 spiro atoms. The highest BCUT2D eigenvalue weighted by atomic mass is 35.5. The summed E-state index contributed by atoms with van der Waals surface area (Å²) in [6.45, 7) is 4.58. The molecule has 174 valence electrons. The summed E-state index contributed by atoms with van der Waals surface area (Å²) in [5, 5.41) is 11.6. The van der Waals surface area contributed by atoms with E-state index in [2.05, 4.69) is 0 Å². The molecule has 1 fully saturated rings. The minimum atomic E-state index is -0.829. The standard InChI is InChI=1S/C27H24ClNO5/c1-3-33-21-15-14-20(16-22(21)34-4-2)29-24(17-8-6-5-7-9-17)23(26(31)27(29)32)25(30)18-10-12-19(28)13-11-18/h5-16,24,30H,3-4H2,1-2H3/b25-23+. The lowest BCUT2D eigenvalue weighted by molar-refractivity contribution is -0.132. The number of Topliss-reactive ketones (excluding diaryl/α,β-unsaturated/α-hetero) is 1. The van der Waals surface area contributed by atoms with Crippen LogP contribution in [0.3, 0.4) is 0 Å². The SMILES string of the molecule is CCOc1ccc(N2C(=O)C(=O)/C(=C(/O)c3ccc(Cl)cc3)C2c2ccccc2)cc1OCC. The normalized spacial score (nSPS) is 17.1. The molecule has 1 amide bonds. The fourth-order valence-electron chi connectivity index (χ4n) is 4.00. The number of anilines is 1. The predicted octanol–water partition coefficient (Wildman–Crippen LogP) is 5.76. The zero-order chi connectivity index (χ0) is 24.2. The van der Waals surface area contributed by atoms with E-state index in [1.807, 2.05) is 44.2 Å². The average molecular weight is 478 g/mol. The van der Waals surface area contributed by atoms with Gasteiger partial charge in [0.05, 0.1) is 24.8 Å². The first-order valence-electron chi connectivity index (χ1n) is 11.0. The van der Waals surface area contributed by atoms with Crippen molar-refractivity contribution >= 4 is 34.7 Å². The summed E-state index contributed by atoms with van der Waals surface area (Å²) in [5.74, 6) is -0.762. The topological polar surface area (TPSA) is 76.1 Å². The second-order valence-corrected chi connectivity index (χ2v) is 8.02. The van der Waals surface area contributed by atoms with Crippen molar-refractivity contribution in [1.29, 1.82) is 0 Å². The van der Waals surface area contributed by atoms with Gasteiger partial charge in [-0.25, -0.2) is 0 Å². The van der Waals surface area contributed by atoms with Crippen LogP contribution < -0.4 is 14.4 Å². The molecule has 4 rings (SSSR count). The summed E-state index contributed by atoms with van der Waals surface area (Å²) < 4.78 is 11.4. The number of ketones is 1. The van der Waals surface area contributed by atoms with E-state index < -0.39 is 17.7 Å². The third kappa shape index (κ3) is 4.37. The Bertz CT molecular complexity index is 1240. The molecule has 1 N–H and O–H groups in total. The predicted molar refractivity (Wildman–Crippen MR) is 131 cm³/mol. The van der Waals surface area contributed by atoms with Crippen LogP contribution in [0.4, 0.5) is 5.69 Å². The number of hydrogen-bond donors (Lipinski definition) is 1. The Morgan fingerprint density at radius 1 is 0.912 bits per heavy atom. The number of aliphatic hydroxyl groups is 1. The van der Waals surface area contributed by atoms with E-state index in [0.29, 0.717) is 46.5 Å². The second-order valence-electron chi connectivity index (χ2n) is 7.58. The van der Waals surface area contributed by atoms with Crippen molar-refractivity contribution in [2.75, 3.05) is 18.1 Å². The molecule has 0 bridgehead atoms. The number of ether oxygens (including phenoxy) is 2. The summed E-state index contributed by atoms with van der Waals surface area (Å²) in [4.78, 5) is 27.9. The fourth-order valence-corrected chi connectivity index (χ4v) is 4.13. The smallest absolute Gasteiger partial charge is 0.300 e.